The van der Waals surface area contributed by atoms with Gasteiger partial charge in [-0.05, 0) is 6.07 Å². The summed E-state index contributed by atoms with van der Waals surface area (Å²) in [7, 11) is 0. The molecule has 1 amide bonds. The summed E-state index contributed by atoms with van der Waals surface area (Å²) in [6, 6.07) is 1.05. The lowest BCUT2D eigenvalue weighted by molar-refractivity contribution is -0.385. The van der Waals surface area contributed by atoms with E-state index in [1.54, 1.807) is 11.8 Å². The van der Waals surface area contributed by atoms with Crippen LogP contribution in [-0.4, -0.2) is 39.8 Å². The number of nitrogens with zero attached hydrogens (tertiary/aromatic N) is 2. The van der Waals surface area contributed by atoms with Gasteiger partial charge in [0.25, 0.3) is 11.6 Å². The van der Waals surface area contributed by atoms with Gasteiger partial charge in [-0.25, -0.2) is 8.78 Å². The second-order valence-electron chi connectivity index (χ2n) is 4.47. The fraction of sp³-hybridized carbons (Fsp3) is 0.417. The SMILES string of the molecule is CC1CN(C(=O)c2cc(F)c(F)cc2[N+](=O)[O-])CCS1. The Morgan fingerprint density at radius 1 is 1.45 bits per heavy atom. The first-order valence-electron chi connectivity index (χ1n) is 5.94. The molecule has 8 heteroatoms. The van der Waals surface area contributed by atoms with Crippen molar-refractivity contribution in [3.8, 4) is 0 Å². The van der Waals surface area contributed by atoms with Gasteiger partial charge in [-0.1, -0.05) is 6.92 Å². The third-order valence-electron chi connectivity index (χ3n) is 2.99. The van der Waals surface area contributed by atoms with Gasteiger partial charge in [-0.2, -0.15) is 11.8 Å². The number of halogens is 2. The van der Waals surface area contributed by atoms with Gasteiger partial charge in [0, 0.05) is 24.1 Å². The molecule has 1 aliphatic heterocycles. The maximum atomic E-state index is 13.3. The number of hydrogen-bond acceptors (Lipinski definition) is 4. The summed E-state index contributed by atoms with van der Waals surface area (Å²) in [5, 5.41) is 11.1. The molecular weight excluding hydrogens is 290 g/mol. The molecule has 20 heavy (non-hydrogen) atoms. The third-order valence-corrected chi connectivity index (χ3v) is 4.13. The summed E-state index contributed by atoms with van der Waals surface area (Å²) in [6.45, 7) is 2.80. The minimum absolute atomic E-state index is 0.206. The molecule has 1 aliphatic rings. The van der Waals surface area contributed by atoms with Crippen molar-refractivity contribution in [1.82, 2.24) is 4.90 Å². The van der Waals surface area contributed by atoms with Gasteiger partial charge in [0.1, 0.15) is 5.56 Å². The van der Waals surface area contributed by atoms with Crippen LogP contribution in [0.3, 0.4) is 0 Å². The van der Waals surface area contributed by atoms with Crippen LogP contribution in [0, 0.1) is 21.7 Å². The van der Waals surface area contributed by atoms with Crippen molar-refractivity contribution in [3.05, 3.63) is 39.4 Å². The topological polar surface area (TPSA) is 63.5 Å². The average molecular weight is 302 g/mol. The lowest BCUT2D eigenvalue weighted by Crippen LogP contribution is -2.41. The molecule has 1 aromatic carbocycles. The Labute approximate surface area is 118 Å². The molecule has 1 heterocycles. The number of hydrogen-bond donors (Lipinski definition) is 0. The minimum Gasteiger partial charge on any atom is -0.336 e. The summed E-state index contributed by atoms with van der Waals surface area (Å²) in [5.74, 6) is -2.53. The standard InChI is InChI=1S/C12H12F2N2O3S/c1-7-6-15(2-3-20-7)12(17)8-4-9(13)10(14)5-11(8)16(18)19/h4-5,7H,2-3,6H2,1H3. The van der Waals surface area contributed by atoms with E-state index >= 15 is 0 Å². The molecule has 1 fully saturated rings. The van der Waals surface area contributed by atoms with Gasteiger partial charge in [0.15, 0.2) is 11.6 Å². The van der Waals surface area contributed by atoms with Gasteiger partial charge in [0.05, 0.1) is 11.0 Å². The summed E-state index contributed by atoms with van der Waals surface area (Å²) in [6.07, 6.45) is 0. The fourth-order valence-corrected chi connectivity index (χ4v) is 3.05. The zero-order valence-electron chi connectivity index (χ0n) is 10.6. The molecule has 2 rings (SSSR count). The molecule has 1 saturated heterocycles. The number of carbonyl (C=O) groups is 1. The van der Waals surface area contributed by atoms with Crippen molar-refractivity contribution >= 4 is 23.4 Å². The van der Waals surface area contributed by atoms with E-state index in [-0.39, 0.29) is 5.25 Å². The van der Waals surface area contributed by atoms with Gasteiger partial charge in [-0.3, -0.25) is 14.9 Å². The van der Waals surface area contributed by atoms with E-state index in [2.05, 4.69) is 0 Å². The molecule has 1 aromatic rings. The van der Waals surface area contributed by atoms with Crippen LogP contribution in [-0.2, 0) is 0 Å². The third kappa shape index (κ3) is 2.90. The Bertz CT molecular complexity index is 568. The second-order valence-corrected chi connectivity index (χ2v) is 6.02. The number of nitro benzene ring substituents is 1. The number of benzene rings is 1. The molecular formula is C12H12F2N2O3S. The van der Waals surface area contributed by atoms with Crippen LogP contribution < -0.4 is 0 Å². The molecule has 0 radical (unpaired) electrons. The summed E-state index contributed by atoms with van der Waals surface area (Å²) in [5.41, 5.74) is -1.12. The highest BCUT2D eigenvalue weighted by atomic mass is 32.2. The quantitative estimate of drug-likeness (QED) is 0.622. The van der Waals surface area contributed by atoms with Crippen molar-refractivity contribution < 1.29 is 18.5 Å². The molecule has 108 valence electrons. The molecule has 0 spiro atoms. The second kappa shape index (κ2) is 5.74. The highest BCUT2D eigenvalue weighted by Crippen LogP contribution is 2.26. The number of carbonyl (C=O) groups excluding carboxylic acids is 1. The Morgan fingerprint density at radius 2 is 2.10 bits per heavy atom. The van der Waals surface area contributed by atoms with Crippen molar-refractivity contribution in [2.75, 3.05) is 18.8 Å². The largest absolute Gasteiger partial charge is 0.336 e. The fourth-order valence-electron chi connectivity index (χ4n) is 2.03. The first-order chi connectivity index (χ1) is 9.40. The molecule has 0 aromatic heterocycles. The molecule has 1 unspecified atom stereocenters. The normalized spacial score (nSPS) is 18.9. The van der Waals surface area contributed by atoms with E-state index in [0.29, 0.717) is 31.0 Å². The van der Waals surface area contributed by atoms with E-state index < -0.39 is 33.7 Å². The van der Waals surface area contributed by atoms with Gasteiger partial charge >= 0.3 is 0 Å². The van der Waals surface area contributed by atoms with Gasteiger partial charge in [0.2, 0.25) is 0 Å². The monoisotopic (exact) mass is 302 g/mol. The average Bonchev–Trinajstić information content (AvgIpc) is 2.40. The van der Waals surface area contributed by atoms with Gasteiger partial charge in [-0.15, -0.1) is 0 Å². The Kier molecular flexibility index (Phi) is 4.22. The van der Waals surface area contributed by atoms with Crippen molar-refractivity contribution in [2.45, 2.75) is 12.2 Å². The van der Waals surface area contributed by atoms with Crippen LogP contribution in [0.25, 0.3) is 0 Å². The first kappa shape index (κ1) is 14.7. The summed E-state index contributed by atoms with van der Waals surface area (Å²) in [4.78, 5) is 23.7. The van der Waals surface area contributed by atoms with E-state index in [4.69, 9.17) is 0 Å². The smallest absolute Gasteiger partial charge is 0.285 e. The first-order valence-corrected chi connectivity index (χ1v) is 6.99. The molecule has 0 aliphatic carbocycles. The zero-order valence-corrected chi connectivity index (χ0v) is 11.5. The predicted octanol–water partition coefficient (Wildman–Crippen LogP) is 2.45. The zero-order chi connectivity index (χ0) is 14.9. The van der Waals surface area contributed by atoms with Crippen LogP contribution in [0.1, 0.15) is 17.3 Å². The Hall–Kier alpha value is -1.70. The van der Waals surface area contributed by atoms with E-state index in [1.165, 1.54) is 4.90 Å². The van der Waals surface area contributed by atoms with E-state index in [9.17, 15) is 23.7 Å². The van der Waals surface area contributed by atoms with Crippen LogP contribution in [0.4, 0.5) is 14.5 Å². The number of nitro groups is 1. The van der Waals surface area contributed by atoms with Crippen LogP contribution in [0.2, 0.25) is 0 Å². The lowest BCUT2D eigenvalue weighted by atomic mass is 10.1. The van der Waals surface area contributed by atoms with Crippen LogP contribution in [0.15, 0.2) is 12.1 Å². The minimum atomic E-state index is -1.34. The molecule has 0 bridgehead atoms. The Morgan fingerprint density at radius 3 is 2.70 bits per heavy atom. The predicted molar refractivity (Wildman–Crippen MR) is 70.8 cm³/mol. The lowest BCUT2D eigenvalue weighted by Gasteiger charge is -2.30. The molecule has 0 N–H and O–H groups in total. The van der Waals surface area contributed by atoms with Crippen molar-refractivity contribution in [3.63, 3.8) is 0 Å². The molecule has 1 atom stereocenters. The van der Waals surface area contributed by atoms with Crippen molar-refractivity contribution in [1.29, 1.82) is 0 Å². The van der Waals surface area contributed by atoms with Crippen molar-refractivity contribution in [2.24, 2.45) is 0 Å². The number of rotatable bonds is 2. The highest BCUT2D eigenvalue weighted by molar-refractivity contribution is 7.99. The van der Waals surface area contributed by atoms with E-state index in [1.807, 2.05) is 6.92 Å². The van der Waals surface area contributed by atoms with Gasteiger partial charge < -0.3 is 4.90 Å². The Balaban J connectivity index is 2.38. The van der Waals surface area contributed by atoms with Crippen LogP contribution in [0.5, 0.6) is 0 Å². The number of thioether (sulfide) groups is 1. The van der Waals surface area contributed by atoms with E-state index in [0.717, 1.165) is 0 Å². The summed E-state index contributed by atoms with van der Waals surface area (Å²) >= 11 is 1.69. The highest BCUT2D eigenvalue weighted by Gasteiger charge is 2.29. The maximum absolute atomic E-state index is 13.3. The molecule has 5 nitrogen and oxygen atoms in total. The molecule has 0 saturated carbocycles. The summed E-state index contributed by atoms with van der Waals surface area (Å²) < 4.78 is 26.3. The maximum Gasteiger partial charge on any atom is 0.285 e. The number of amides is 1. The van der Waals surface area contributed by atoms with Crippen LogP contribution >= 0.6 is 11.8 Å².